The smallest absolute Gasteiger partial charge is 0.177 e. The SMILES string of the molecule is Cc1nn(Cc2ccccc2)c2nc(-c3nn(C)cc3Cl)[nH]c12. The van der Waals surface area contributed by atoms with Gasteiger partial charge in [0.05, 0.1) is 17.3 Å². The number of benzene rings is 1. The Morgan fingerprint density at radius 1 is 1.17 bits per heavy atom. The van der Waals surface area contributed by atoms with E-state index in [1.165, 1.54) is 5.56 Å². The molecule has 0 bridgehead atoms. The third-order valence-electron chi connectivity index (χ3n) is 3.75. The Morgan fingerprint density at radius 3 is 2.65 bits per heavy atom. The Kier molecular flexibility index (Phi) is 3.20. The van der Waals surface area contributed by atoms with Gasteiger partial charge in [0.25, 0.3) is 0 Å². The summed E-state index contributed by atoms with van der Waals surface area (Å²) in [5.74, 6) is 0.660. The van der Waals surface area contributed by atoms with Crippen LogP contribution in [0.2, 0.25) is 5.02 Å². The number of aromatic amines is 1. The van der Waals surface area contributed by atoms with Crippen molar-refractivity contribution in [3.8, 4) is 11.5 Å². The third kappa shape index (κ3) is 2.41. The van der Waals surface area contributed by atoms with Crippen molar-refractivity contribution in [1.29, 1.82) is 0 Å². The number of nitrogens with one attached hydrogen (secondary N) is 1. The maximum atomic E-state index is 6.22. The van der Waals surface area contributed by atoms with E-state index in [1.807, 2.05) is 36.9 Å². The third-order valence-corrected chi connectivity index (χ3v) is 4.02. The number of hydrogen-bond acceptors (Lipinski definition) is 3. The van der Waals surface area contributed by atoms with Crippen molar-refractivity contribution in [2.45, 2.75) is 13.5 Å². The largest absolute Gasteiger partial charge is 0.334 e. The van der Waals surface area contributed by atoms with Crippen molar-refractivity contribution in [2.75, 3.05) is 0 Å². The van der Waals surface area contributed by atoms with Gasteiger partial charge in [-0.05, 0) is 12.5 Å². The average Bonchev–Trinajstić information content (AvgIpc) is 3.17. The predicted molar refractivity (Wildman–Crippen MR) is 89.4 cm³/mol. The molecule has 0 aliphatic carbocycles. The second kappa shape index (κ2) is 5.24. The van der Waals surface area contributed by atoms with Gasteiger partial charge in [-0.15, -0.1) is 0 Å². The maximum Gasteiger partial charge on any atom is 0.177 e. The first-order valence-corrected chi connectivity index (χ1v) is 7.66. The molecule has 116 valence electrons. The fraction of sp³-hybridized carbons (Fsp3) is 0.188. The molecule has 3 heterocycles. The van der Waals surface area contributed by atoms with E-state index in [4.69, 9.17) is 11.6 Å². The van der Waals surface area contributed by atoms with Crippen molar-refractivity contribution >= 4 is 22.8 Å². The van der Waals surface area contributed by atoms with Gasteiger partial charge in [-0.25, -0.2) is 9.67 Å². The van der Waals surface area contributed by atoms with Crippen molar-refractivity contribution in [3.63, 3.8) is 0 Å². The van der Waals surface area contributed by atoms with Crippen LogP contribution in [0.25, 0.3) is 22.7 Å². The predicted octanol–water partition coefficient (Wildman–Crippen LogP) is 3.17. The van der Waals surface area contributed by atoms with Crippen LogP contribution in [0, 0.1) is 6.92 Å². The minimum atomic E-state index is 0.573. The van der Waals surface area contributed by atoms with Crippen molar-refractivity contribution in [3.05, 3.63) is 52.8 Å². The first-order chi connectivity index (χ1) is 11.1. The van der Waals surface area contributed by atoms with Crippen molar-refractivity contribution in [1.82, 2.24) is 29.5 Å². The molecule has 0 spiro atoms. The molecule has 6 nitrogen and oxygen atoms in total. The van der Waals surface area contributed by atoms with E-state index in [0.717, 1.165) is 16.9 Å². The van der Waals surface area contributed by atoms with E-state index < -0.39 is 0 Å². The summed E-state index contributed by atoms with van der Waals surface area (Å²) in [5.41, 5.74) is 4.45. The summed E-state index contributed by atoms with van der Waals surface area (Å²) in [6.45, 7) is 2.64. The zero-order valence-electron chi connectivity index (χ0n) is 12.8. The van der Waals surface area contributed by atoms with Gasteiger partial charge in [0.1, 0.15) is 11.2 Å². The first-order valence-electron chi connectivity index (χ1n) is 7.28. The summed E-state index contributed by atoms with van der Waals surface area (Å²) >= 11 is 6.22. The van der Waals surface area contributed by atoms with E-state index in [1.54, 1.807) is 10.9 Å². The van der Waals surface area contributed by atoms with Crippen LogP contribution in [0.15, 0.2) is 36.5 Å². The molecule has 0 radical (unpaired) electrons. The molecule has 0 aliphatic heterocycles. The molecular formula is C16H15ClN6. The van der Waals surface area contributed by atoms with Gasteiger partial charge in [-0.2, -0.15) is 10.2 Å². The molecule has 0 unspecified atom stereocenters. The monoisotopic (exact) mass is 326 g/mol. The fourth-order valence-electron chi connectivity index (χ4n) is 2.68. The summed E-state index contributed by atoms with van der Waals surface area (Å²) in [4.78, 5) is 7.94. The summed E-state index contributed by atoms with van der Waals surface area (Å²) < 4.78 is 3.57. The Morgan fingerprint density at radius 2 is 1.96 bits per heavy atom. The molecule has 0 saturated heterocycles. The molecule has 7 heteroatoms. The molecule has 0 atom stereocenters. The Balaban J connectivity index is 1.80. The molecule has 1 aromatic carbocycles. The number of fused-ring (bicyclic) bond motifs is 1. The van der Waals surface area contributed by atoms with Crippen LogP contribution in [0.4, 0.5) is 0 Å². The Hall–Kier alpha value is -2.60. The first kappa shape index (κ1) is 14.0. The number of aryl methyl sites for hydroxylation is 2. The lowest BCUT2D eigenvalue weighted by Crippen LogP contribution is -2.02. The molecule has 4 aromatic rings. The summed E-state index contributed by atoms with van der Waals surface area (Å²) in [6, 6.07) is 10.2. The molecule has 0 aliphatic rings. The molecule has 1 N–H and O–H groups in total. The second-order valence-corrected chi connectivity index (χ2v) is 5.92. The summed E-state index contributed by atoms with van der Waals surface area (Å²) in [6.07, 6.45) is 1.76. The van der Waals surface area contributed by atoms with Crippen molar-refractivity contribution in [2.24, 2.45) is 7.05 Å². The highest BCUT2D eigenvalue weighted by molar-refractivity contribution is 6.32. The summed E-state index contributed by atoms with van der Waals surface area (Å²) in [7, 11) is 1.83. The molecule has 0 amide bonds. The Bertz CT molecular complexity index is 979. The van der Waals surface area contributed by atoms with Crippen LogP contribution in [0.5, 0.6) is 0 Å². The van der Waals surface area contributed by atoms with Crippen LogP contribution in [-0.4, -0.2) is 29.5 Å². The number of rotatable bonds is 3. The van der Waals surface area contributed by atoms with Gasteiger partial charge < -0.3 is 4.98 Å². The number of halogens is 1. The average molecular weight is 327 g/mol. The van der Waals surface area contributed by atoms with Gasteiger partial charge >= 0.3 is 0 Å². The van der Waals surface area contributed by atoms with E-state index >= 15 is 0 Å². The number of nitrogens with zero attached hydrogens (tertiary/aromatic N) is 5. The van der Waals surface area contributed by atoms with Gasteiger partial charge in [0.15, 0.2) is 11.5 Å². The lowest BCUT2D eigenvalue weighted by atomic mass is 10.2. The van der Waals surface area contributed by atoms with Crippen LogP contribution in [-0.2, 0) is 13.6 Å². The Labute approximate surface area is 137 Å². The molecule has 0 saturated carbocycles. The molecule has 4 rings (SSSR count). The number of aromatic nitrogens is 6. The van der Waals surface area contributed by atoms with Gasteiger partial charge in [-0.3, -0.25) is 4.68 Å². The van der Waals surface area contributed by atoms with Gasteiger partial charge in [0, 0.05) is 13.2 Å². The van der Waals surface area contributed by atoms with Crippen LogP contribution in [0.3, 0.4) is 0 Å². The highest BCUT2D eigenvalue weighted by Gasteiger charge is 2.17. The standard InChI is InChI=1S/C16H15ClN6/c1-10-13-16(23(20-10)8-11-6-4-3-5-7-11)19-15(18-13)14-12(17)9-22(2)21-14/h3-7,9H,8H2,1-2H3,(H,18,19). The van der Waals surface area contributed by atoms with Crippen molar-refractivity contribution < 1.29 is 0 Å². The summed E-state index contributed by atoms with van der Waals surface area (Å²) in [5, 5.41) is 9.50. The van der Waals surface area contributed by atoms with E-state index in [9.17, 15) is 0 Å². The van der Waals surface area contributed by atoms with E-state index in [0.29, 0.717) is 23.1 Å². The van der Waals surface area contributed by atoms with Gasteiger partial charge in [-0.1, -0.05) is 41.9 Å². The maximum absolute atomic E-state index is 6.22. The number of hydrogen-bond donors (Lipinski definition) is 1. The molecule has 3 aromatic heterocycles. The zero-order valence-corrected chi connectivity index (χ0v) is 13.5. The number of H-pyrrole nitrogens is 1. The molecule has 0 fully saturated rings. The van der Waals surface area contributed by atoms with E-state index in [-0.39, 0.29) is 0 Å². The minimum Gasteiger partial charge on any atom is -0.334 e. The highest BCUT2D eigenvalue weighted by Crippen LogP contribution is 2.27. The zero-order chi connectivity index (χ0) is 16.0. The lowest BCUT2D eigenvalue weighted by Gasteiger charge is -2.01. The van der Waals surface area contributed by atoms with Crippen LogP contribution in [0.1, 0.15) is 11.3 Å². The van der Waals surface area contributed by atoms with Gasteiger partial charge in [0.2, 0.25) is 0 Å². The fourth-order valence-corrected chi connectivity index (χ4v) is 2.95. The quantitative estimate of drug-likeness (QED) is 0.629. The topological polar surface area (TPSA) is 64.3 Å². The van der Waals surface area contributed by atoms with Crippen LogP contribution < -0.4 is 0 Å². The number of imidazole rings is 1. The molecule has 23 heavy (non-hydrogen) atoms. The highest BCUT2D eigenvalue weighted by atomic mass is 35.5. The second-order valence-electron chi connectivity index (χ2n) is 5.51. The molecular weight excluding hydrogens is 312 g/mol. The normalized spacial score (nSPS) is 11.4. The van der Waals surface area contributed by atoms with E-state index in [2.05, 4.69) is 32.3 Å². The van der Waals surface area contributed by atoms with Crippen LogP contribution >= 0.6 is 11.6 Å². The minimum absolute atomic E-state index is 0.573. The lowest BCUT2D eigenvalue weighted by molar-refractivity contribution is 0.696.